The second kappa shape index (κ2) is 7.09. The van der Waals surface area contributed by atoms with Crippen LogP contribution < -0.4 is 21.5 Å². The molecule has 0 saturated carbocycles. The van der Waals surface area contributed by atoms with Crippen molar-refractivity contribution in [1.29, 1.82) is 0 Å². The van der Waals surface area contributed by atoms with Gasteiger partial charge >= 0.3 is 6.03 Å². The second-order valence-corrected chi connectivity index (χ2v) is 5.95. The molecule has 2 unspecified atom stereocenters. The van der Waals surface area contributed by atoms with Crippen molar-refractivity contribution in [3.63, 3.8) is 0 Å². The average molecular weight is 348 g/mol. The van der Waals surface area contributed by atoms with Gasteiger partial charge in [-0.05, 0) is 17.7 Å². The predicted octanol–water partition coefficient (Wildman–Crippen LogP) is 1.38. The minimum atomic E-state index is -0.177. The minimum absolute atomic E-state index is 0.177. The first-order chi connectivity index (χ1) is 9.15. The molecule has 0 aromatic heterocycles. The summed E-state index contributed by atoms with van der Waals surface area (Å²) in [7, 11) is 0. The van der Waals surface area contributed by atoms with E-state index in [2.05, 4.69) is 37.4 Å². The summed E-state index contributed by atoms with van der Waals surface area (Å²) < 4.78 is 0. The first kappa shape index (κ1) is 14.6. The Bertz CT molecular complexity index is 428. The second-order valence-electron chi connectivity index (χ2n) is 4.34. The van der Waals surface area contributed by atoms with Crippen molar-refractivity contribution in [3.8, 4) is 0 Å². The summed E-state index contributed by atoms with van der Waals surface area (Å²) in [5.74, 6) is 0. The summed E-state index contributed by atoms with van der Waals surface area (Å²) in [6.07, 6.45) is 0. The van der Waals surface area contributed by atoms with Crippen LogP contribution in [-0.2, 0) is 6.54 Å². The van der Waals surface area contributed by atoms with Crippen LogP contribution in [0.5, 0.6) is 0 Å². The van der Waals surface area contributed by atoms with Gasteiger partial charge < -0.3 is 10.6 Å². The fourth-order valence-electron chi connectivity index (χ4n) is 1.75. The largest absolute Gasteiger partial charge is 0.336 e. The van der Waals surface area contributed by atoms with Crippen LogP contribution in [-0.4, -0.2) is 30.0 Å². The fourth-order valence-corrected chi connectivity index (χ4v) is 2.36. The molecular formula is C12H16BrClN4O. The van der Waals surface area contributed by atoms with Gasteiger partial charge in [0.15, 0.2) is 0 Å². The normalized spacial score (nSPS) is 22.2. The molecule has 1 fully saturated rings. The number of urea groups is 1. The number of hydrogen-bond donors (Lipinski definition) is 4. The van der Waals surface area contributed by atoms with E-state index in [0.29, 0.717) is 22.9 Å². The topological polar surface area (TPSA) is 65.2 Å². The Balaban J connectivity index is 1.68. The van der Waals surface area contributed by atoms with E-state index >= 15 is 0 Å². The van der Waals surface area contributed by atoms with Gasteiger partial charge in [0, 0.05) is 29.5 Å². The van der Waals surface area contributed by atoms with Crippen LogP contribution in [0.1, 0.15) is 5.56 Å². The molecule has 0 bridgehead atoms. The number of benzene rings is 1. The van der Waals surface area contributed by atoms with E-state index in [4.69, 9.17) is 11.6 Å². The van der Waals surface area contributed by atoms with Crippen molar-refractivity contribution in [3.05, 3.63) is 34.9 Å². The average Bonchev–Trinajstić information content (AvgIpc) is 2.81. The zero-order valence-electron chi connectivity index (χ0n) is 10.2. The molecule has 0 aliphatic carbocycles. The third kappa shape index (κ3) is 4.65. The third-order valence-corrected chi connectivity index (χ3v) is 4.08. The molecule has 2 rings (SSSR count). The number of alkyl halides is 1. The highest BCUT2D eigenvalue weighted by molar-refractivity contribution is 9.09. The summed E-state index contributed by atoms with van der Waals surface area (Å²) in [6.45, 7) is 1.89. The van der Waals surface area contributed by atoms with Crippen molar-refractivity contribution >= 4 is 33.6 Å². The number of hydrogen-bond acceptors (Lipinski definition) is 3. The van der Waals surface area contributed by atoms with Crippen LogP contribution in [0.3, 0.4) is 0 Å². The number of amides is 2. The van der Waals surface area contributed by atoms with Crippen molar-refractivity contribution in [2.75, 3.05) is 13.1 Å². The highest BCUT2D eigenvalue weighted by atomic mass is 79.9. The van der Waals surface area contributed by atoms with Gasteiger partial charge in [0.2, 0.25) is 0 Å². The van der Waals surface area contributed by atoms with Crippen LogP contribution in [0.4, 0.5) is 4.79 Å². The lowest BCUT2D eigenvalue weighted by Crippen LogP contribution is -2.45. The molecule has 1 heterocycles. The lowest BCUT2D eigenvalue weighted by Gasteiger charge is -2.14. The van der Waals surface area contributed by atoms with Gasteiger partial charge in [-0.25, -0.2) is 4.79 Å². The molecule has 1 aliphatic rings. The standard InChI is InChI=1S/C12H16BrClN4O/c13-10-6-17-18-11(10)7-16-12(19)15-5-8-1-3-9(14)4-2-8/h1-4,10-11,17-18H,5-7H2,(H2,15,16,19). The van der Waals surface area contributed by atoms with E-state index in [9.17, 15) is 4.79 Å². The van der Waals surface area contributed by atoms with Crippen LogP contribution >= 0.6 is 27.5 Å². The number of carbonyl (C=O) groups excluding carboxylic acids is 1. The van der Waals surface area contributed by atoms with Gasteiger partial charge in [-0.15, -0.1) is 0 Å². The maximum absolute atomic E-state index is 11.6. The zero-order chi connectivity index (χ0) is 13.7. The molecule has 2 atom stereocenters. The van der Waals surface area contributed by atoms with Crippen LogP contribution in [0.15, 0.2) is 24.3 Å². The Morgan fingerprint density at radius 1 is 1.37 bits per heavy atom. The molecule has 1 aliphatic heterocycles. The summed E-state index contributed by atoms with van der Waals surface area (Å²) in [5, 5.41) is 6.32. The molecule has 5 nitrogen and oxygen atoms in total. The predicted molar refractivity (Wildman–Crippen MR) is 79.3 cm³/mol. The molecule has 1 saturated heterocycles. The first-order valence-electron chi connectivity index (χ1n) is 6.04. The number of nitrogens with one attached hydrogen (secondary N) is 4. The van der Waals surface area contributed by atoms with Gasteiger partial charge in [-0.1, -0.05) is 39.7 Å². The summed E-state index contributed by atoms with van der Waals surface area (Å²) in [4.78, 5) is 12.0. The van der Waals surface area contributed by atoms with Gasteiger partial charge in [0.05, 0.1) is 6.04 Å². The molecule has 4 N–H and O–H groups in total. The summed E-state index contributed by atoms with van der Waals surface area (Å²) >= 11 is 9.32. The highest BCUT2D eigenvalue weighted by Gasteiger charge is 2.24. The molecule has 0 spiro atoms. The van der Waals surface area contributed by atoms with Crippen LogP contribution in [0.2, 0.25) is 5.02 Å². The summed E-state index contributed by atoms with van der Waals surface area (Å²) in [6, 6.07) is 7.41. The molecular weight excluding hydrogens is 332 g/mol. The van der Waals surface area contributed by atoms with E-state index < -0.39 is 0 Å². The van der Waals surface area contributed by atoms with E-state index in [1.165, 1.54) is 0 Å². The van der Waals surface area contributed by atoms with Crippen molar-refractivity contribution < 1.29 is 4.79 Å². The van der Waals surface area contributed by atoms with Gasteiger partial charge in [-0.3, -0.25) is 10.9 Å². The smallest absolute Gasteiger partial charge is 0.315 e. The highest BCUT2D eigenvalue weighted by Crippen LogP contribution is 2.09. The van der Waals surface area contributed by atoms with Crippen LogP contribution in [0.25, 0.3) is 0 Å². The monoisotopic (exact) mass is 346 g/mol. The maximum Gasteiger partial charge on any atom is 0.315 e. The Morgan fingerprint density at radius 3 is 2.74 bits per heavy atom. The van der Waals surface area contributed by atoms with E-state index in [0.717, 1.165) is 12.1 Å². The van der Waals surface area contributed by atoms with E-state index in [-0.39, 0.29) is 12.1 Å². The molecule has 19 heavy (non-hydrogen) atoms. The molecule has 1 aromatic rings. The zero-order valence-corrected chi connectivity index (χ0v) is 12.6. The number of halogens is 2. The SMILES string of the molecule is O=C(NCc1ccc(Cl)cc1)NCC1NNCC1Br. The Labute approximate surface area is 125 Å². The molecule has 7 heteroatoms. The maximum atomic E-state index is 11.6. The Hall–Kier alpha value is -0.820. The summed E-state index contributed by atoms with van der Waals surface area (Å²) in [5.41, 5.74) is 7.13. The quantitative estimate of drug-likeness (QED) is 0.622. The van der Waals surface area contributed by atoms with Crippen molar-refractivity contribution in [1.82, 2.24) is 21.5 Å². The molecule has 2 amide bonds. The first-order valence-corrected chi connectivity index (χ1v) is 7.33. The molecule has 104 valence electrons. The Morgan fingerprint density at radius 2 is 2.11 bits per heavy atom. The van der Waals surface area contributed by atoms with E-state index in [1.54, 1.807) is 12.1 Å². The fraction of sp³-hybridized carbons (Fsp3) is 0.417. The molecule has 0 radical (unpaired) electrons. The lowest BCUT2D eigenvalue weighted by molar-refractivity contribution is 0.239. The number of carbonyl (C=O) groups is 1. The Kier molecular flexibility index (Phi) is 5.45. The third-order valence-electron chi connectivity index (χ3n) is 2.87. The van der Waals surface area contributed by atoms with Crippen LogP contribution in [0, 0.1) is 0 Å². The van der Waals surface area contributed by atoms with Gasteiger partial charge in [0.1, 0.15) is 0 Å². The minimum Gasteiger partial charge on any atom is -0.336 e. The lowest BCUT2D eigenvalue weighted by atomic mass is 10.2. The van der Waals surface area contributed by atoms with Crippen molar-refractivity contribution in [2.24, 2.45) is 0 Å². The van der Waals surface area contributed by atoms with Gasteiger partial charge in [0.25, 0.3) is 0 Å². The van der Waals surface area contributed by atoms with Crippen molar-refractivity contribution in [2.45, 2.75) is 17.4 Å². The van der Waals surface area contributed by atoms with E-state index in [1.807, 2.05) is 12.1 Å². The number of hydrazine groups is 1. The number of rotatable bonds is 4. The van der Waals surface area contributed by atoms with Gasteiger partial charge in [-0.2, -0.15) is 0 Å². The molecule has 1 aromatic carbocycles.